The summed E-state index contributed by atoms with van der Waals surface area (Å²) in [5.41, 5.74) is 2.68. The molecule has 0 bridgehead atoms. The predicted octanol–water partition coefficient (Wildman–Crippen LogP) is 7.42. The van der Waals surface area contributed by atoms with Crippen LogP contribution in [0.15, 0.2) is 54.6 Å². The molecule has 2 aromatic carbocycles. The van der Waals surface area contributed by atoms with Crippen LogP contribution in [0.1, 0.15) is 96.1 Å². The molecule has 0 radical (unpaired) electrons. The Bertz CT molecular complexity index is 1180. The molecule has 2 aromatic rings. The largest absolute Gasteiger partial charge is 0.427 e. The molecule has 3 atom stereocenters. The molecule has 1 aliphatic heterocycles. The Morgan fingerprint density at radius 2 is 1.81 bits per heavy atom. The number of hydrogen-bond acceptors (Lipinski definition) is 4. The van der Waals surface area contributed by atoms with Crippen molar-refractivity contribution >= 4 is 11.9 Å². The number of esters is 1. The van der Waals surface area contributed by atoms with Gasteiger partial charge in [0.05, 0.1) is 0 Å². The van der Waals surface area contributed by atoms with E-state index in [1.54, 1.807) is 0 Å². The number of unbranched alkanes of at least 4 members (excludes halogenated alkanes) is 2. The van der Waals surface area contributed by atoms with E-state index in [1.165, 1.54) is 37.4 Å². The minimum absolute atomic E-state index is 0.00429. The van der Waals surface area contributed by atoms with Crippen LogP contribution < -0.4 is 4.74 Å². The van der Waals surface area contributed by atoms with E-state index >= 15 is 0 Å². The van der Waals surface area contributed by atoms with E-state index in [-0.39, 0.29) is 17.4 Å². The average Bonchev–Trinajstić information content (AvgIpc) is 3.80. The summed E-state index contributed by atoms with van der Waals surface area (Å²) in [7, 11) is 0. The lowest BCUT2D eigenvalue weighted by atomic mass is 9.57. The van der Waals surface area contributed by atoms with Gasteiger partial charge in [0.2, 0.25) is 5.91 Å². The molecule has 228 valence electrons. The van der Waals surface area contributed by atoms with Crippen LogP contribution in [0.2, 0.25) is 0 Å². The number of fused-ring (bicyclic) bond motifs is 1. The molecule has 1 saturated heterocycles. The predicted molar refractivity (Wildman–Crippen MR) is 170 cm³/mol. The second-order valence-corrected chi connectivity index (χ2v) is 13.8. The molecule has 3 fully saturated rings. The molecular weight excluding hydrogens is 520 g/mol. The molecule has 0 spiro atoms. The van der Waals surface area contributed by atoms with E-state index in [0.29, 0.717) is 29.9 Å². The van der Waals surface area contributed by atoms with Gasteiger partial charge in [-0.2, -0.15) is 0 Å². The molecule has 5 rings (SSSR count). The zero-order valence-corrected chi connectivity index (χ0v) is 26.2. The lowest BCUT2D eigenvalue weighted by Gasteiger charge is -2.55. The molecular formula is C37H52N2O3. The molecule has 2 saturated carbocycles. The summed E-state index contributed by atoms with van der Waals surface area (Å²) in [6.07, 6.45) is 12.0. The number of amides is 1. The Kier molecular flexibility index (Phi) is 10.4. The Balaban J connectivity index is 1.29. The van der Waals surface area contributed by atoms with Gasteiger partial charge in [0.1, 0.15) is 5.75 Å². The number of hydrogen-bond donors (Lipinski definition) is 0. The Hall–Kier alpha value is -2.66. The summed E-state index contributed by atoms with van der Waals surface area (Å²) in [4.78, 5) is 30.6. The topological polar surface area (TPSA) is 49.9 Å². The second-order valence-electron chi connectivity index (χ2n) is 13.8. The van der Waals surface area contributed by atoms with Crippen LogP contribution >= 0.6 is 0 Å². The number of benzene rings is 2. The van der Waals surface area contributed by atoms with Gasteiger partial charge in [0, 0.05) is 44.4 Å². The molecule has 5 nitrogen and oxygen atoms in total. The number of ether oxygens (including phenoxy) is 1. The van der Waals surface area contributed by atoms with Crippen molar-refractivity contribution in [3.63, 3.8) is 0 Å². The lowest BCUT2D eigenvalue weighted by Crippen LogP contribution is -2.57. The van der Waals surface area contributed by atoms with Gasteiger partial charge >= 0.3 is 5.97 Å². The summed E-state index contributed by atoms with van der Waals surface area (Å²) in [6, 6.07) is 19.2. The Labute approximate surface area is 254 Å². The van der Waals surface area contributed by atoms with Gasteiger partial charge in [0.15, 0.2) is 0 Å². The number of aryl methyl sites for hydroxylation is 1. The smallest absolute Gasteiger partial charge is 0.308 e. The monoisotopic (exact) mass is 572 g/mol. The number of piperidine rings is 1. The van der Waals surface area contributed by atoms with Crippen molar-refractivity contribution in [2.75, 3.05) is 26.2 Å². The van der Waals surface area contributed by atoms with Gasteiger partial charge in [-0.05, 0) is 105 Å². The van der Waals surface area contributed by atoms with Crippen LogP contribution in [0.4, 0.5) is 0 Å². The van der Waals surface area contributed by atoms with E-state index < -0.39 is 0 Å². The first-order valence-corrected chi connectivity index (χ1v) is 16.7. The normalized spacial score (nSPS) is 24.3. The van der Waals surface area contributed by atoms with Crippen molar-refractivity contribution in [1.82, 2.24) is 9.80 Å². The minimum Gasteiger partial charge on any atom is -0.427 e. The van der Waals surface area contributed by atoms with Gasteiger partial charge in [0.25, 0.3) is 0 Å². The van der Waals surface area contributed by atoms with E-state index in [0.717, 1.165) is 76.9 Å². The second kappa shape index (κ2) is 14.2. The molecule has 42 heavy (non-hydrogen) atoms. The highest BCUT2D eigenvalue weighted by molar-refractivity contribution is 5.76. The van der Waals surface area contributed by atoms with Crippen molar-refractivity contribution in [2.24, 2.45) is 17.8 Å². The van der Waals surface area contributed by atoms with Gasteiger partial charge in [-0.15, -0.1) is 0 Å². The molecule has 3 aliphatic rings. The number of carbonyl (C=O) groups excluding carboxylic acids is 2. The lowest BCUT2D eigenvalue weighted by molar-refractivity contribution is -0.136. The third-order valence-corrected chi connectivity index (χ3v) is 9.99. The zero-order valence-electron chi connectivity index (χ0n) is 26.2. The molecule has 1 amide bonds. The van der Waals surface area contributed by atoms with Gasteiger partial charge < -0.3 is 14.5 Å². The van der Waals surface area contributed by atoms with E-state index in [2.05, 4.69) is 66.1 Å². The van der Waals surface area contributed by atoms with Crippen LogP contribution in [0.5, 0.6) is 5.75 Å². The van der Waals surface area contributed by atoms with Crippen LogP contribution in [-0.4, -0.2) is 53.9 Å². The summed E-state index contributed by atoms with van der Waals surface area (Å²) < 4.78 is 5.55. The van der Waals surface area contributed by atoms with Crippen molar-refractivity contribution in [3.8, 4) is 5.75 Å². The van der Waals surface area contributed by atoms with E-state index in [4.69, 9.17) is 4.74 Å². The maximum absolute atomic E-state index is 13.8. The Morgan fingerprint density at radius 1 is 1.00 bits per heavy atom. The highest BCUT2D eigenvalue weighted by Crippen LogP contribution is 2.51. The first-order chi connectivity index (χ1) is 20.3. The van der Waals surface area contributed by atoms with Gasteiger partial charge in [-0.1, -0.05) is 62.7 Å². The fourth-order valence-electron chi connectivity index (χ4n) is 7.74. The van der Waals surface area contributed by atoms with Gasteiger partial charge in [-0.25, -0.2) is 0 Å². The SMILES string of the molecule is CC(=O)Oc1cccc([C@@]23CCN(CC4CC4)C[C@H]2CC[C@H](N(CC(C)C)C(=O)CCCCCc2ccccc2)C3)c1. The summed E-state index contributed by atoms with van der Waals surface area (Å²) in [5.74, 6) is 2.59. The Morgan fingerprint density at radius 3 is 2.55 bits per heavy atom. The van der Waals surface area contributed by atoms with Crippen LogP contribution in [0, 0.1) is 17.8 Å². The average molecular weight is 573 g/mol. The van der Waals surface area contributed by atoms with Crippen LogP contribution in [0.25, 0.3) is 0 Å². The van der Waals surface area contributed by atoms with Crippen LogP contribution in [0.3, 0.4) is 0 Å². The molecule has 0 unspecified atom stereocenters. The molecule has 1 heterocycles. The van der Waals surface area contributed by atoms with Crippen molar-refractivity contribution in [1.29, 1.82) is 0 Å². The fraction of sp³-hybridized carbons (Fsp3) is 0.622. The first-order valence-electron chi connectivity index (χ1n) is 16.7. The standard InChI is InChI=1S/C37H52N2O3/c1-28(2)25-39(36(41)16-9-5-8-13-30-11-6-4-7-12-30)34-20-19-33-27-38(26-31-17-18-31)22-21-37(33,24-34)32-14-10-15-35(23-32)42-29(3)40/h4,6-7,10-12,14-15,23,28,31,33-34H,5,8-9,13,16-22,24-27H2,1-3H3/t33-,34+,37+/m1/s1. The summed E-state index contributed by atoms with van der Waals surface area (Å²) in [5, 5.41) is 0. The first kappa shape index (κ1) is 30.8. The highest BCUT2D eigenvalue weighted by Gasteiger charge is 2.50. The third kappa shape index (κ3) is 8.03. The van der Waals surface area contributed by atoms with Crippen molar-refractivity contribution in [2.45, 2.75) is 103 Å². The number of rotatable bonds is 13. The number of likely N-dealkylation sites (tertiary alicyclic amines) is 1. The number of nitrogens with zero attached hydrogens (tertiary/aromatic N) is 2. The zero-order chi connectivity index (χ0) is 29.5. The molecule has 0 N–H and O–H groups in total. The molecule has 5 heteroatoms. The maximum Gasteiger partial charge on any atom is 0.308 e. The van der Waals surface area contributed by atoms with Gasteiger partial charge in [-0.3, -0.25) is 9.59 Å². The summed E-state index contributed by atoms with van der Waals surface area (Å²) in [6.45, 7) is 10.3. The quantitative estimate of drug-likeness (QED) is 0.142. The highest BCUT2D eigenvalue weighted by atomic mass is 16.5. The minimum atomic E-state index is -0.278. The fourth-order valence-corrected chi connectivity index (χ4v) is 7.74. The van der Waals surface area contributed by atoms with E-state index in [1.807, 2.05) is 12.1 Å². The summed E-state index contributed by atoms with van der Waals surface area (Å²) >= 11 is 0. The van der Waals surface area contributed by atoms with Crippen molar-refractivity contribution in [3.05, 3.63) is 65.7 Å². The third-order valence-electron chi connectivity index (χ3n) is 9.99. The van der Waals surface area contributed by atoms with Crippen molar-refractivity contribution < 1.29 is 14.3 Å². The molecule has 0 aromatic heterocycles. The van der Waals surface area contributed by atoms with Crippen LogP contribution in [-0.2, 0) is 21.4 Å². The maximum atomic E-state index is 13.8. The molecule has 2 aliphatic carbocycles. The number of carbonyl (C=O) groups is 2. The van der Waals surface area contributed by atoms with E-state index in [9.17, 15) is 9.59 Å².